The molecule has 90 valence electrons. The molecule has 5 heteroatoms. The molecule has 0 fully saturated rings. The molecule has 0 radical (unpaired) electrons. The van der Waals surface area contributed by atoms with Crippen molar-refractivity contribution in [2.24, 2.45) is 0 Å². The van der Waals surface area contributed by atoms with Crippen LogP contribution in [0.15, 0.2) is 0 Å². The van der Waals surface area contributed by atoms with E-state index in [1.807, 2.05) is 6.92 Å². The minimum absolute atomic E-state index is 0.199. The number of halogens is 2. The van der Waals surface area contributed by atoms with E-state index in [1.54, 1.807) is 0 Å². The van der Waals surface area contributed by atoms with Gasteiger partial charge in [0.15, 0.2) is 0 Å². The minimum atomic E-state index is -2.70. The number of amides is 1. The first kappa shape index (κ1) is 14.1. The SMILES string of the molecule is CCCC(CCC(C)(F)F)OC(=O)NC. The van der Waals surface area contributed by atoms with Gasteiger partial charge in [0.05, 0.1) is 0 Å². The number of carbonyl (C=O) groups excluding carboxylic acids is 1. The molecule has 0 spiro atoms. The van der Waals surface area contributed by atoms with E-state index in [0.717, 1.165) is 13.3 Å². The molecular formula is C10H19F2NO2. The van der Waals surface area contributed by atoms with Crippen LogP contribution in [0.4, 0.5) is 13.6 Å². The highest BCUT2D eigenvalue weighted by atomic mass is 19.3. The summed E-state index contributed by atoms with van der Waals surface area (Å²) in [5.41, 5.74) is 0. The van der Waals surface area contributed by atoms with Gasteiger partial charge in [0.2, 0.25) is 5.92 Å². The van der Waals surface area contributed by atoms with E-state index < -0.39 is 18.1 Å². The van der Waals surface area contributed by atoms with E-state index in [-0.39, 0.29) is 12.8 Å². The van der Waals surface area contributed by atoms with Crippen LogP contribution in [0.5, 0.6) is 0 Å². The van der Waals surface area contributed by atoms with Gasteiger partial charge in [-0.25, -0.2) is 13.6 Å². The predicted octanol–water partition coefficient (Wildman–Crippen LogP) is 2.95. The van der Waals surface area contributed by atoms with Gasteiger partial charge in [-0.3, -0.25) is 0 Å². The molecule has 0 saturated heterocycles. The van der Waals surface area contributed by atoms with Gasteiger partial charge in [-0.15, -0.1) is 0 Å². The number of rotatable bonds is 6. The van der Waals surface area contributed by atoms with Crippen LogP contribution in [0.2, 0.25) is 0 Å². The lowest BCUT2D eigenvalue weighted by molar-refractivity contribution is -0.00596. The summed E-state index contributed by atoms with van der Waals surface area (Å²) >= 11 is 0. The number of hydrogen-bond acceptors (Lipinski definition) is 2. The standard InChI is InChI=1S/C10H19F2NO2/c1-4-5-8(15-9(14)13-3)6-7-10(2,11)12/h8H,4-7H2,1-3H3,(H,13,14). The second kappa shape index (κ2) is 6.58. The van der Waals surface area contributed by atoms with Crippen LogP contribution in [-0.4, -0.2) is 25.2 Å². The fourth-order valence-corrected chi connectivity index (χ4v) is 1.21. The number of nitrogens with one attached hydrogen (secondary N) is 1. The summed E-state index contributed by atoms with van der Waals surface area (Å²) in [6, 6.07) is 0. The third kappa shape index (κ3) is 8.15. The molecule has 0 aliphatic rings. The Bertz CT molecular complexity index is 192. The van der Waals surface area contributed by atoms with Crippen molar-refractivity contribution in [1.82, 2.24) is 5.32 Å². The van der Waals surface area contributed by atoms with Crippen LogP contribution in [0.3, 0.4) is 0 Å². The molecule has 3 nitrogen and oxygen atoms in total. The van der Waals surface area contributed by atoms with Gasteiger partial charge < -0.3 is 10.1 Å². The summed E-state index contributed by atoms with van der Waals surface area (Å²) in [6.07, 6.45) is 0.383. The molecule has 0 aromatic rings. The quantitative estimate of drug-likeness (QED) is 0.751. The summed E-state index contributed by atoms with van der Waals surface area (Å²) < 4.78 is 30.1. The minimum Gasteiger partial charge on any atom is -0.446 e. The molecule has 0 heterocycles. The Morgan fingerprint density at radius 2 is 2.07 bits per heavy atom. The van der Waals surface area contributed by atoms with Gasteiger partial charge in [0.25, 0.3) is 0 Å². The van der Waals surface area contributed by atoms with Crippen molar-refractivity contribution in [2.45, 2.75) is 51.6 Å². The molecule has 1 amide bonds. The molecule has 0 rings (SSSR count). The van der Waals surface area contributed by atoms with Crippen LogP contribution in [0, 0.1) is 0 Å². The molecule has 1 atom stereocenters. The topological polar surface area (TPSA) is 38.3 Å². The number of hydrogen-bond donors (Lipinski definition) is 1. The average Bonchev–Trinajstić information content (AvgIpc) is 2.13. The first-order chi connectivity index (χ1) is 6.89. The van der Waals surface area contributed by atoms with Crippen LogP contribution in [0.25, 0.3) is 0 Å². The molecule has 0 aromatic carbocycles. The molecule has 1 unspecified atom stereocenters. The average molecular weight is 223 g/mol. The molecule has 0 aliphatic carbocycles. The maximum absolute atomic E-state index is 12.6. The predicted molar refractivity (Wildman–Crippen MR) is 54.1 cm³/mol. The van der Waals surface area contributed by atoms with E-state index in [0.29, 0.717) is 6.42 Å². The van der Waals surface area contributed by atoms with E-state index >= 15 is 0 Å². The second-order valence-corrected chi connectivity index (χ2v) is 3.67. The molecule has 0 aromatic heterocycles. The van der Waals surface area contributed by atoms with Crippen LogP contribution in [-0.2, 0) is 4.74 Å². The maximum Gasteiger partial charge on any atom is 0.407 e. The molecule has 15 heavy (non-hydrogen) atoms. The van der Waals surface area contributed by atoms with E-state index in [4.69, 9.17) is 4.74 Å². The number of alkyl carbamates (subject to hydrolysis) is 1. The van der Waals surface area contributed by atoms with E-state index in [1.165, 1.54) is 7.05 Å². The maximum atomic E-state index is 12.6. The molecule has 0 aliphatic heterocycles. The Morgan fingerprint density at radius 3 is 2.47 bits per heavy atom. The highest BCUT2D eigenvalue weighted by molar-refractivity contribution is 5.66. The zero-order valence-electron chi connectivity index (χ0n) is 9.48. The van der Waals surface area contributed by atoms with Crippen molar-refractivity contribution in [1.29, 1.82) is 0 Å². The lowest BCUT2D eigenvalue weighted by Crippen LogP contribution is -2.27. The van der Waals surface area contributed by atoms with Gasteiger partial charge >= 0.3 is 6.09 Å². The molecule has 0 bridgehead atoms. The zero-order chi connectivity index (χ0) is 11.9. The van der Waals surface area contributed by atoms with Gasteiger partial charge in [-0.2, -0.15) is 0 Å². The Hall–Kier alpha value is -0.870. The molecule has 1 N–H and O–H groups in total. The monoisotopic (exact) mass is 223 g/mol. The number of alkyl halides is 2. The van der Waals surface area contributed by atoms with Gasteiger partial charge in [0.1, 0.15) is 6.10 Å². The third-order valence-electron chi connectivity index (χ3n) is 1.99. The van der Waals surface area contributed by atoms with Gasteiger partial charge in [-0.1, -0.05) is 13.3 Å². The normalized spacial score (nSPS) is 13.4. The Kier molecular flexibility index (Phi) is 6.20. The van der Waals surface area contributed by atoms with Crippen molar-refractivity contribution in [3.8, 4) is 0 Å². The number of ether oxygens (including phenoxy) is 1. The van der Waals surface area contributed by atoms with Gasteiger partial charge in [0, 0.05) is 13.5 Å². The summed E-state index contributed by atoms with van der Waals surface area (Å²) in [6.45, 7) is 2.79. The fraction of sp³-hybridized carbons (Fsp3) is 0.900. The highest BCUT2D eigenvalue weighted by Gasteiger charge is 2.24. The Balaban J connectivity index is 3.98. The van der Waals surface area contributed by atoms with Crippen molar-refractivity contribution >= 4 is 6.09 Å². The molecular weight excluding hydrogens is 204 g/mol. The lowest BCUT2D eigenvalue weighted by atomic mass is 10.1. The Labute approximate surface area is 89.2 Å². The summed E-state index contributed by atoms with van der Waals surface area (Å²) in [5, 5.41) is 2.30. The van der Waals surface area contributed by atoms with E-state index in [2.05, 4.69) is 5.32 Å². The summed E-state index contributed by atoms with van der Waals surface area (Å²) in [4.78, 5) is 10.9. The van der Waals surface area contributed by atoms with Crippen LogP contribution >= 0.6 is 0 Å². The molecule has 0 saturated carbocycles. The highest BCUT2D eigenvalue weighted by Crippen LogP contribution is 2.22. The fourth-order valence-electron chi connectivity index (χ4n) is 1.21. The zero-order valence-corrected chi connectivity index (χ0v) is 9.48. The summed E-state index contributed by atoms with van der Waals surface area (Å²) in [7, 11) is 1.44. The van der Waals surface area contributed by atoms with Crippen LogP contribution in [0.1, 0.15) is 39.5 Å². The van der Waals surface area contributed by atoms with E-state index in [9.17, 15) is 13.6 Å². The number of carbonyl (C=O) groups is 1. The van der Waals surface area contributed by atoms with Crippen LogP contribution < -0.4 is 5.32 Å². The largest absolute Gasteiger partial charge is 0.446 e. The smallest absolute Gasteiger partial charge is 0.407 e. The van der Waals surface area contributed by atoms with Crippen molar-refractivity contribution < 1.29 is 18.3 Å². The van der Waals surface area contributed by atoms with Crippen molar-refractivity contribution in [3.63, 3.8) is 0 Å². The van der Waals surface area contributed by atoms with Gasteiger partial charge in [-0.05, 0) is 19.8 Å². The van der Waals surface area contributed by atoms with Crippen molar-refractivity contribution in [2.75, 3.05) is 7.05 Å². The van der Waals surface area contributed by atoms with Crippen molar-refractivity contribution in [3.05, 3.63) is 0 Å². The second-order valence-electron chi connectivity index (χ2n) is 3.67. The Morgan fingerprint density at radius 1 is 1.47 bits per heavy atom. The summed E-state index contributed by atoms with van der Waals surface area (Å²) in [5.74, 6) is -2.70. The third-order valence-corrected chi connectivity index (χ3v) is 1.99. The lowest BCUT2D eigenvalue weighted by Gasteiger charge is -2.18. The first-order valence-corrected chi connectivity index (χ1v) is 5.15. The first-order valence-electron chi connectivity index (χ1n) is 5.15.